The zero-order valence-corrected chi connectivity index (χ0v) is 11.5. The van der Waals surface area contributed by atoms with Crippen molar-refractivity contribution in [1.82, 2.24) is 4.90 Å². The van der Waals surface area contributed by atoms with Gasteiger partial charge in [0.25, 0.3) is 11.6 Å². The summed E-state index contributed by atoms with van der Waals surface area (Å²) in [6.45, 7) is 1.80. The van der Waals surface area contributed by atoms with Crippen LogP contribution in [0.25, 0.3) is 0 Å². The number of unbranched alkanes of at least 4 members (excludes halogenated alkanes) is 1. The fourth-order valence-corrected chi connectivity index (χ4v) is 1.81. The molecule has 0 heterocycles. The van der Waals surface area contributed by atoms with Crippen molar-refractivity contribution in [3.8, 4) is 0 Å². The quantitative estimate of drug-likeness (QED) is 0.617. The van der Waals surface area contributed by atoms with Gasteiger partial charge in [-0.05, 0) is 12.5 Å². The molecule has 1 amide bonds. The summed E-state index contributed by atoms with van der Waals surface area (Å²) < 4.78 is 26.4. The summed E-state index contributed by atoms with van der Waals surface area (Å²) in [6.07, 6.45) is 1.40. The highest BCUT2D eigenvalue weighted by Crippen LogP contribution is 2.24. The van der Waals surface area contributed by atoms with Gasteiger partial charge in [0.1, 0.15) is 5.56 Å². The Labute approximate surface area is 120 Å². The van der Waals surface area contributed by atoms with Crippen LogP contribution < -0.4 is 0 Å². The van der Waals surface area contributed by atoms with E-state index >= 15 is 0 Å². The van der Waals surface area contributed by atoms with Gasteiger partial charge in [0.2, 0.25) is 0 Å². The van der Waals surface area contributed by atoms with Crippen molar-refractivity contribution in [2.75, 3.05) is 19.7 Å². The van der Waals surface area contributed by atoms with E-state index in [1.165, 1.54) is 4.90 Å². The molecule has 21 heavy (non-hydrogen) atoms. The van der Waals surface area contributed by atoms with Crippen LogP contribution in [0.15, 0.2) is 12.1 Å². The number of nitro benzene ring substituents is 1. The molecule has 0 bridgehead atoms. The van der Waals surface area contributed by atoms with Gasteiger partial charge in [0.15, 0.2) is 11.6 Å². The largest absolute Gasteiger partial charge is 0.395 e. The number of aliphatic hydroxyl groups excluding tert-OH is 1. The van der Waals surface area contributed by atoms with Crippen molar-refractivity contribution in [3.63, 3.8) is 0 Å². The SMILES string of the molecule is CCCCN(CCO)C(=O)c1cc(F)c(F)cc1[N+](=O)[O-]. The maximum absolute atomic E-state index is 13.3. The van der Waals surface area contributed by atoms with E-state index in [1.807, 2.05) is 6.92 Å². The molecular weight excluding hydrogens is 286 g/mol. The average molecular weight is 302 g/mol. The summed E-state index contributed by atoms with van der Waals surface area (Å²) in [5.74, 6) is -3.52. The van der Waals surface area contributed by atoms with Crippen molar-refractivity contribution in [3.05, 3.63) is 39.4 Å². The molecule has 0 saturated carbocycles. The highest BCUT2D eigenvalue weighted by Gasteiger charge is 2.27. The van der Waals surface area contributed by atoms with Gasteiger partial charge in [-0.2, -0.15) is 0 Å². The number of benzene rings is 1. The van der Waals surface area contributed by atoms with E-state index in [2.05, 4.69) is 0 Å². The number of carbonyl (C=O) groups excluding carboxylic acids is 1. The fourth-order valence-electron chi connectivity index (χ4n) is 1.81. The lowest BCUT2D eigenvalue weighted by molar-refractivity contribution is -0.385. The molecule has 1 aromatic carbocycles. The van der Waals surface area contributed by atoms with Crippen LogP contribution in [0, 0.1) is 21.7 Å². The average Bonchev–Trinajstić information content (AvgIpc) is 2.44. The van der Waals surface area contributed by atoms with Gasteiger partial charge < -0.3 is 10.0 Å². The minimum absolute atomic E-state index is 0.0328. The molecule has 1 rings (SSSR count). The molecule has 0 aliphatic carbocycles. The fraction of sp³-hybridized carbons (Fsp3) is 0.462. The van der Waals surface area contributed by atoms with Crippen LogP contribution in [-0.2, 0) is 0 Å². The number of nitro groups is 1. The van der Waals surface area contributed by atoms with E-state index < -0.39 is 33.7 Å². The van der Waals surface area contributed by atoms with E-state index in [9.17, 15) is 23.7 Å². The Bertz CT molecular complexity index is 537. The predicted molar refractivity (Wildman–Crippen MR) is 70.9 cm³/mol. The van der Waals surface area contributed by atoms with Crippen LogP contribution >= 0.6 is 0 Å². The number of halogens is 2. The van der Waals surface area contributed by atoms with Crippen LogP contribution in [0.5, 0.6) is 0 Å². The Morgan fingerprint density at radius 1 is 1.33 bits per heavy atom. The third-order valence-electron chi connectivity index (χ3n) is 2.90. The highest BCUT2D eigenvalue weighted by molar-refractivity contribution is 5.98. The first-order valence-electron chi connectivity index (χ1n) is 6.45. The first kappa shape index (κ1) is 17.0. The molecule has 6 nitrogen and oxygen atoms in total. The van der Waals surface area contributed by atoms with E-state index in [0.29, 0.717) is 18.6 Å². The minimum atomic E-state index is -1.39. The van der Waals surface area contributed by atoms with E-state index in [1.54, 1.807) is 0 Å². The number of hydrogen-bond donors (Lipinski definition) is 1. The van der Waals surface area contributed by atoms with Gasteiger partial charge >= 0.3 is 0 Å². The molecule has 0 unspecified atom stereocenters. The van der Waals surface area contributed by atoms with Gasteiger partial charge in [-0.15, -0.1) is 0 Å². The van der Waals surface area contributed by atoms with Crippen molar-refractivity contribution < 1.29 is 23.6 Å². The lowest BCUT2D eigenvalue weighted by Gasteiger charge is -2.21. The molecule has 0 fully saturated rings. The summed E-state index contributed by atoms with van der Waals surface area (Å²) >= 11 is 0. The smallest absolute Gasteiger partial charge is 0.285 e. The van der Waals surface area contributed by atoms with E-state index in [-0.39, 0.29) is 19.7 Å². The number of hydrogen-bond acceptors (Lipinski definition) is 4. The molecule has 1 aromatic rings. The first-order valence-corrected chi connectivity index (χ1v) is 6.45. The summed E-state index contributed by atoms with van der Waals surface area (Å²) in [7, 11) is 0. The molecule has 0 aromatic heterocycles. The number of nitrogens with zero attached hydrogens (tertiary/aromatic N) is 2. The first-order chi connectivity index (χ1) is 9.92. The summed E-state index contributed by atoms with van der Waals surface area (Å²) in [4.78, 5) is 23.4. The van der Waals surface area contributed by atoms with Gasteiger partial charge in [0.05, 0.1) is 17.6 Å². The summed E-state index contributed by atoms with van der Waals surface area (Å²) in [5.41, 5.74) is -1.32. The van der Waals surface area contributed by atoms with E-state index in [0.717, 1.165) is 6.42 Å². The highest BCUT2D eigenvalue weighted by atomic mass is 19.2. The Kier molecular flexibility index (Phi) is 6.16. The Morgan fingerprint density at radius 3 is 2.48 bits per heavy atom. The molecule has 8 heteroatoms. The van der Waals surface area contributed by atoms with Gasteiger partial charge in [-0.3, -0.25) is 14.9 Å². The molecule has 0 spiro atoms. The third kappa shape index (κ3) is 4.19. The number of amides is 1. The lowest BCUT2D eigenvalue weighted by atomic mass is 10.1. The number of aliphatic hydroxyl groups is 1. The molecule has 0 radical (unpaired) electrons. The molecular formula is C13H16F2N2O4. The zero-order valence-electron chi connectivity index (χ0n) is 11.5. The van der Waals surface area contributed by atoms with Crippen LogP contribution in [0.1, 0.15) is 30.1 Å². The summed E-state index contributed by atoms with van der Waals surface area (Å²) in [6, 6.07) is 0.908. The standard InChI is InChI=1S/C13H16F2N2O4/c1-2-3-4-16(5-6-18)13(19)9-7-10(14)11(15)8-12(9)17(20)21/h7-8,18H,2-6H2,1H3. The number of carbonyl (C=O) groups is 1. The van der Waals surface area contributed by atoms with Crippen molar-refractivity contribution >= 4 is 11.6 Å². The second-order valence-electron chi connectivity index (χ2n) is 4.41. The Balaban J connectivity index is 3.19. The molecule has 0 aliphatic rings. The monoisotopic (exact) mass is 302 g/mol. The second-order valence-corrected chi connectivity index (χ2v) is 4.41. The van der Waals surface area contributed by atoms with Crippen molar-refractivity contribution in [1.29, 1.82) is 0 Å². The van der Waals surface area contributed by atoms with Crippen molar-refractivity contribution in [2.45, 2.75) is 19.8 Å². The normalized spacial score (nSPS) is 10.5. The van der Waals surface area contributed by atoms with Crippen LogP contribution in [0.2, 0.25) is 0 Å². The van der Waals surface area contributed by atoms with Gasteiger partial charge in [0, 0.05) is 13.1 Å². The second kappa shape index (κ2) is 7.63. The van der Waals surface area contributed by atoms with Crippen LogP contribution in [-0.4, -0.2) is 40.5 Å². The van der Waals surface area contributed by atoms with Crippen LogP contribution in [0.4, 0.5) is 14.5 Å². The van der Waals surface area contributed by atoms with E-state index in [4.69, 9.17) is 5.11 Å². The predicted octanol–water partition coefficient (Wildman–Crippen LogP) is 2.11. The molecule has 1 N–H and O–H groups in total. The zero-order chi connectivity index (χ0) is 16.0. The maximum atomic E-state index is 13.3. The number of rotatable bonds is 7. The Morgan fingerprint density at radius 2 is 1.95 bits per heavy atom. The molecule has 0 saturated heterocycles. The van der Waals surface area contributed by atoms with Gasteiger partial charge in [-0.1, -0.05) is 13.3 Å². The van der Waals surface area contributed by atoms with Crippen molar-refractivity contribution in [2.24, 2.45) is 0 Å². The lowest BCUT2D eigenvalue weighted by Crippen LogP contribution is -2.35. The summed E-state index contributed by atoms with van der Waals surface area (Å²) in [5, 5.41) is 19.8. The van der Waals surface area contributed by atoms with Crippen LogP contribution in [0.3, 0.4) is 0 Å². The molecule has 116 valence electrons. The van der Waals surface area contributed by atoms with Gasteiger partial charge in [-0.25, -0.2) is 8.78 Å². The maximum Gasteiger partial charge on any atom is 0.285 e. The Hall–Kier alpha value is -2.09. The topological polar surface area (TPSA) is 83.7 Å². The molecule has 0 atom stereocenters. The third-order valence-corrected chi connectivity index (χ3v) is 2.90. The molecule has 0 aliphatic heterocycles. The minimum Gasteiger partial charge on any atom is -0.395 e.